The van der Waals surface area contributed by atoms with Gasteiger partial charge in [0.2, 0.25) is 0 Å². The molecule has 3 heterocycles. The summed E-state index contributed by atoms with van der Waals surface area (Å²) in [5.74, 6) is 2.93. The Labute approximate surface area is 192 Å². The molecule has 158 valence electrons. The van der Waals surface area contributed by atoms with E-state index in [2.05, 4.69) is 25.3 Å². The zero-order valence-corrected chi connectivity index (χ0v) is 18.9. The van der Waals surface area contributed by atoms with Crippen molar-refractivity contribution in [1.29, 1.82) is 0 Å². The number of halogens is 2. The highest BCUT2D eigenvalue weighted by Gasteiger charge is 2.23. The van der Waals surface area contributed by atoms with Crippen molar-refractivity contribution in [2.75, 3.05) is 23.5 Å². The first-order valence-corrected chi connectivity index (χ1v) is 11.6. The monoisotopic (exact) mass is 472 g/mol. The maximum Gasteiger partial charge on any atom is 0.256 e. The number of thioether (sulfide) groups is 1. The number of fused-ring (bicyclic) bond motifs is 2. The number of amides is 1. The highest BCUT2D eigenvalue weighted by atomic mass is 35.5. The van der Waals surface area contributed by atoms with E-state index in [0.717, 1.165) is 34.5 Å². The van der Waals surface area contributed by atoms with Crippen LogP contribution in [0.15, 0.2) is 36.7 Å². The third kappa shape index (κ3) is 3.91. The summed E-state index contributed by atoms with van der Waals surface area (Å²) in [6.45, 7) is 2.71. The lowest BCUT2D eigenvalue weighted by atomic mass is 10.1. The molecule has 0 unspecified atom stereocenters. The van der Waals surface area contributed by atoms with Crippen LogP contribution in [0.25, 0.3) is 21.9 Å². The molecule has 1 aliphatic rings. The smallest absolute Gasteiger partial charge is 0.256 e. The van der Waals surface area contributed by atoms with Crippen LogP contribution in [0.2, 0.25) is 10.0 Å². The van der Waals surface area contributed by atoms with Gasteiger partial charge in [-0.3, -0.25) is 4.79 Å². The van der Waals surface area contributed by atoms with Crippen LogP contribution in [0, 0.1) is 0 Å². The van der Waals surface area contributed by atoms with Crippen LogP contribution >= 0.6 is 35.0 Å². The molecule has 2 aromatic carbocycles. The zero-order chi connectivity index (χ0) is 21.5. The van der Waals surface area contributed by atoms with Crippen LogP contribution in [0.3, 0.4) is 0 Å². The fourth-order valence-electron chi connectivity index (χ4n) is 3.58. The van der Waals surface area contributed by atoms with Crippen LogP contribution in [0.5, 0.6) is 0 Å². The van der Waals surface area contributed by atoms with Crippen molar-refractivity contribution in [3.63, 3.8) is 0 Å². The quantitative estimate of drug-likeness (QED) is 0.427. The van der Waals surface area contributed by atoms with E-state index in [1.165, 1.54) is 6.33 Å². The van der Waals surface area contributed by atoms with Gasteiger partial charge in [-0.15, -0.1) is 11.8 Å². The second-order valence-electron chi connectivity index (χ2n) is 7.33. The number of H-pyrrole nitrogens is 1. The topological polar surface area (TPSA) is 86.8 Å². The van der Waals surface area contributed by atoms with Gasteiger partial charge in [0.15, 0.2) is 0 Å². The lowest BCUT2D eigenvalue weighted by Crippen LogP contribution is -2.28. The first-order valence-electron chi connectivity index (χ1n) is 9.72. The zero-order valence-electron chi connectivity index (χ0n) is 16.5. The second kappa shape index (κ2) is 8.18. The molecule has 7 nitrogen and oxygen atoms in total. The molecule has 0 spiro atoms. The van der Waals surface area contributed by atoms with E-state index in [1.54, 1.807) is 28.8 Å². The number of anilines is 1. The van der Waals surface area contributed by atoms with Gasteiger partial charge in [0, 0.05) is 22.7 Å². The molecule has 0 radical (unpaired) electrons. The van der Waals surface area contributed by atoms with Crippen molar-refractivity contribution < 1.29 is 4.79 Å². The molecule has 31 heavy (non-hydrogen) atoms. The van der Waals surface area contributed by atoms with Crippen molar-refractivity contribution in [3.8, 4) is 0 Å². The Morgan fingerprint density at radius 1 is 1.23 bits per heavy atom. The predicted octanol–water partition coefficient (Wildman–Crippen LogP) is 5.13. The number of aromatic nitrogens is 4. The predicted molar refractivity (Wildman–Crippen MR) is 126 cm³/mol. The third-order valence-corrected chi connectivity index (χ3v) is 6.73. The van der Waals surface area contributed by atoms with Crippen LogP contribution in [-0.2, 0) is 0 Å². The van der Waals surface area contributed by atoms with Gasteiger partial charge in [-0.25, -0.2) is 15.0 Å². The Balaban J connectivity index is 1.46. The molecule has 1 saturated heterocycles. The highest BCUT2D eigenvalue weighted by molar-refractivity contribution is 7.99. The molecule has 4 aromatic rings. The number of carbonyl (C=O) groups is 1. The molecule has 1 atom stereocenters. The lowest BCUT2D eigenvalue weighted by molar-refractivity contribution is 0.0803. The summed E-state index contributed by atoms with van der Waals surface area (Å²) in [4.78, 5) is 31.3. The summed E-state index contributed by atoms with van der Waals surface area (Å²) in [5, 5.41) is 5.15. The van der Waals surface area contributed by atoms with E-state index in [-0.39, 0.29) is 11.9 Å². The van der Waals surface area contributed by atoms with Gasteiger partial charge in [0.25, 0.3) is 5.91 Å². The van der Waals surface area contributed by atoms with Crippen LogP contribution in [0.1, 0.15) is 29.1 Å². The Bertz CT molecular complexity index is 1300. The van der Waals surface area contributed by atoms with E-state index in [4.69, 9.17) is 23.2 Å². The van der Waals surface area contributed by atoms with Crippen molar-refractivity contribution >= 4 is 68.6 Å². The van der Waals surface area contributed by atoms with Crippen LogP contribution in [-0.4, -0.2) is 48.9 Å². The highest BCUT2D eigenvalue weighted by Crippen LogP contribution is 2.30. The van der Waals surface area contributed by atoms with Gasteiger partial charge in [0.1, 0.15) is 18.0 Å². The number of aromatic amines is 1. The Hall–Kier alpha value is -2.55. The number of nitrogens with one attached hydrogen (secondary N) is 2. The van der Waals surface area contributed by atoms with Gasteiger partial charge in [0.05, 0.1) is 39.1 Å². The average molecular weight is 473 g/mol. The van der Waals surface area contributed by atoms with Crippen molar-refractivity contribution in [2.45, 2.75) is 13.0 Å². The molecular weight excluding hydrogens is 455 g/mol. The molecule has 2 aromatic heterocycles. The second-order valence-corrected chi connectivity index (χ2v) is 9.25. The van der Waals surface area contributed by atoms with Gasteiger partial charge < -0.3 is 15.2 Å². The molecule has 1 fully saturated rings. The fraction of sp³-hybridized carbons (Fsp3) is 0.238. The van der Waals surface area contributed by atoms with Crippen LogP contribution in [0.4, 0.5) is 5.82 Å². The minimum Gasteiger partial charge on any atom is -0.360 e. The Morgan fingerprint density at radius 2 is 2.10 bits per heavy atom. The van der Waals surface area contributed by atoms with Crippen molar-refractivity contribution in [3.05, 3.63) is 58.1 Å². The average Bonchev–Trinajstić information content (AvgIpc) is 3.43. The molecule has 2 N–H and O–H groups in total. The normalized spacial score (nSPS) is 15.0. The molecule has 10 heteroatoms. The first-order chi connectivity index (χ1) is 15.0. The number of carbonyl (C=O) groups excluding carboxylic acids is 1. The first kappa shape index (κ1) is 20.4. The van der Waals surface area contributed by atoms with E-state index >= 15 is 0 Å². The minimum absolute atomic E-state index is 0.0701. The molecule has 0 aliphatic carbocycles. The summed E-state index contributed by atoms with van der Waals surface area (Å²) >= 11 is 14.3. The van der Waals surface area contributed by atoms with E-state index in [1.807, 2.05) is 25.1 Å². The molecule has 1 aliphatic heterocycles. The number of rotatable bonds is 4. The number of nitrogens with zero attached hydrogens (tertiary/aromatic N) is 4. The lowest BCUT2D eigenvalue weighted by Gasteiger charge is -2.17. The largest absolute Gasteiger partial charge is 0.360 e. The molecule has 5 rings (SSSR count). The van der Waals surface area contributed by atoms with Gasteiger partial charge in [-0.1, -0.05) is 23.2 Å². The maximum absolute atomic E-state index is 12.8. The number of hydrogen-bond donors (Lipinski definition) is 2. The standard InChI is InChI=1S/C21H18Cl2N6OS/c1-11(19-27-16-3-2-12(22)6-18(16)28-19)26-20-14-7-15(23)13(8-17(14)24-9-25-20)21(30)29-4-5-31-10-29/h2-3,6-9,11H,4-5,10H2,1H3,(H,27,28)(H,24,25,26)/t11-/m0/s1. The summed E-state index contributed by atoms with van der Waals surface area (Å²) in [7, 11) is 0. The molecule has 0 bridgehead atoms. The van der Waals surface area contributed by atoms with E-state index in [9.17, 15) is 4.79 Å². The van der Waals surface area contributed by atoms with Gasteiger partial charge >= 0.3 is 0 Å². The van der Waals surface area contributed by atoms with Gasteiger partial charge in [-0.05, 0) is 37.3 Å². The summed E-state index contributed by atoms with van der Waals surface area (Å²) < 4.78 is 0. The fourth-order valence-corrected chi connectivity index (χ4v) is 4.94. The number of hydrogen-bond acceptors (Lipinski definition) is 6. The van der Waals surface area contributed by atoms with E-state index < -0.39 is 0 Å². The van der Waals surface area contributed by atoms with Crippen molar-refractivity contribution in [2.24, 2.45) is 0 Å². The Kier molecular flexibility index (Phi) is 5.37. The molecule has 0 saturated carbocycles. The Morgan fingerprint density at radius 3 is 2.90 bits per heavy atom. The minimum atomic E-state index is -0.161. The van der Waals surface area contributed by atoms with E-state index in [0.29, 0.717) is 32.8 Å². The molecule has 1 amide bonds. The number of imidazole rings is 1. The van der Waals surface area contributed by atoms with Gasteiger partial charge in [-0.2, -0.15) is 0 Å². The summed E-state index contributed by atoms with van der Waals surface area (Å²) in [6, 6.07) is 8.86. The maximum atomic E-state index is 12.8. The third-order valence-electron chi connectivity index (χ3n) is 5.22. The number of benzene rings is 2. The van der Waals surface area contributed by atoms with Crippen molar-refractivity contribution in [1.82, 2.24) is 24.8 Å². The van der Waals surface area contributed by atoms with Crippen LogP contribution < -0.4 is 5.32 Å². The summed E-state index contributed by atoms with van der Waals surface area (Å²) in [5.41, 5.74) is 2.83. The summed E-state index contributed by atoms with van der Waals surface area (Å²) in [6.07, 6.45) is 1.48. The molecular formula is C21H18Cl2N6OS. The SMILES string of the molecule is C[C@H](Nc1ncnc2cc(C(=O)N3CCSC3)c(Cl)cc12)c1nc2ccc(Cl)cc2[nH]1.